The van der Waals surface area contributed by atoms with Gasteiger partial charge in [0.25, 0.3) is 10.0 Å². The fourth-order valence-corrected chi connectivity index (χ4v) is 5.91. The highest BCUT2D eigenvalue weighted by Crippen LogP contribution is 2.40. The van der Waals surface area contributed by atoms with Crippen LogP contribution in [0.2, 0.25) is 0 Å². The van der Waals surface area contributed by atoms with Gasteiger partial charge in [-0.3, -0.25) is 0 Å². The number of pyridine rings is 1. The molecule has 0 aliphatic carbocycles. The average molecular weight is 568 g/mol. The van der Waals surface area contributed by atoms with Gasteiger partial charge < -0.3 is 9.64 Å². The lowest BCUT2D eigenvalue weighted by molar-refractivity contribution is -0.137. The first-order chi connectivity index (χ1) is 17.9. The number of nitrogens with zero attached hydrogens (tertiary/aromatic N) is 5. The summed E-state index contributed by atoms with van der Waals surface area (Å²) in [5, 5.41) is -0.796. The Kier molecular flexibility index (Phi) is 6.39. The standard InChI is InChI=1S/C23H20F3N5O5S2/c1-37(32,33)22-27-13-18(23(24,25)26)20(29-22)17-14-31(38(34,35)15-5-3-2-4-6-15)21-16(17)7-8-19(28-21)30-9-11-36-12-10-30/h2-8,13-14H,9-12H2,1H3. The van der Waals surface area contributed by atoms with Crippen molar-refractivity contribution in [2.75, 3.05) is 37.5 Å². The second kappa shape index (κ2) is 9.32. The minimum atomic E-state index is -4.96. The molecule has 0 bridgehead atoms. The highest BCUT2D eigenvalue weighted by atomic mass is 32.2. The van der Waals surface area contributed by atoms with Gasteiger partial charge in [-0.2, -0.15) is 13.2 Å². The van der Waals surface area contributed by atoms with Crippen LogP contribution < -0.4 is 4.90 Å². The molecule has 10 nitrogen and oxygen atoms in total. The molecule has 15 heteroatoms. The zero-order valence-electron chi connectivity index (χ0n) is 19.8. The Morgan fingerprint density at radius 1 is 0.947 bits per heavy atom. The van der Waals surface area contributed by atoms with E-state index >= 15 is 0 Å². The van der Waals surface area contributed by atoms with Crippen molar-refractivity contribution in [3.63, 3.8) is 0 Å². The molecule has 5 rings (SSSR count). The Morgan fingerprint density at radius 2 is 1.63 bits per heavy atom. The van der Waals surface area contributed by atoms with E-state index in [0.29, 0.717) is 38.3 Å². The van der Waals surface area contributed by atoms with Gasteiger partial charge in [-0.25, -0.2) is 35.8 Å². The summed E-state index contributed by atoms with van der Waals surface area (Å²) >= 11 is 0. The van der Waals surface area contributed by atoms with Crippen LogP contribution in [0.5, 0.6) is 0 Å². The third-order valence-electron chi connectivity index (χ3n) is 5.90. The summed E-state index contributed by atoms with van der Waals surface area (Å²) in [7, 11) is -8.40. The average Bonchev–Trinajstić information content (AvgIpc) is 3.28. The maximum Gasteiger partial charge on any atom is 0.419 e. The smallest absolute Gasteiger partial charge is 0.378 e. The second-order valence-corrected chi connectivity index (χ2v) is 12.2. The minimum absolute atomic E-state index is 0.0326. The van der Waals surface area contributed by atoms with E-state index in [-0.39, 0.29) is 21.5 Å². The number of hydrogen-bond donors (Lipinski definition) is 0. The number of aromatic nitrogens is 4. The number of benzene rings is 1. The first kappa shape index (κ1) is 26.1. The van der Waals surface area contributed by atoms with Gasteiger partial charge in [0.1, 0.15) is 11.4 Å². The molecule has 38 heavy (non-hydrogen) atoms. The van der Waals surface area contributed by atoms with Crippen LogP contribution in [-0.2, 0) is 30.8 Å². The van der Waals surface area contributed by atoms with Gasteiger partial charge in [-0.1, -0.05) is 18.2 Å². The molecular formula is C23H20F3N5O5S2. The number of sulfone groups is 1. The molecule has 0 atom stereocenters. The molecule has 200 valence electrons. The topological polar surface area (TPSA) is 124 Å². The van der Waals surface area contributed by atoms with E-state index in [9.17, 15) is 30.0 Å². The summed E-state index contributed by atoms with van der Waals surface area (Å²) in [6, 6.07) is 10.3. The Balaban J connectivity index is 1.83. The first-order valence-corrected chi connectivity index (χ1v) is 14.5. The van der Waals surface area contributed by atoms with Gasteiger partial charge in [0, 0.05) is 42.7 Å². The molecule has 1 aliphatic rings. The van der Waals surface area contributed by atoms with E-state index in [1.165, 1.54) is 30.3 Å². The third-order valence-corrected chi connectivity index (χ3v) is 8.42. The van der Waals surface area contributed by atoms with Crippen molar-refractivity contribution in [1.29, 1.82) is 0 Å². The zero-order valence-corrected chi connectivity index (χ0v) is 21.4. The zero-order chi connectivity index (χ0) is 27.3. The number of alkyl halides is 3. The molecule has 0 spiro atoms. The molecule has 0 N–H and O–H groups in total. The lowest BCUT2D eigenvalue weighted by Crippen LogP contribution is -2.36. The highest BCUT2D eigenvalue weighted by Gasteiger charge is 2.37. The number of rotatable bonds is 5. The van der Waals surface area contributed by atoms with E-state index < -0.39 is 42.5 Å². The maximum absolute atomic E-state index is 14.0. The lowest BCUT2D eigenvalue weighted by atomic mass is 10.1. The summed E-state index contributed by atoms with van der Waals surface area (Å²) in [5.41, 5.74) is -2.50. The van der Waals surface area contributed by atoms with Gasteiger partial charge in [0.15, 0.2) is 5.65 Å². The number of hydrogen-bond acceptors (Lipinski definition) is 9. The molecule has 0 unspecified atom stereocenters. The van der Waals surface area contributed by atoms with Crippen LogP contribution in [0.1, 0.15) is 5.56 Å². The SMILES string of the molecule is CS(=O)(=O)c1ncc(C(F)(F)F)c(-c2cn(S(=O)(=O)c3ccccc3)c3nc(N4CCOCC4)ccc23)n1. The van der Waals surface area contributed by atoms with E-state index in [4.69, 9.17) is 4.74 Å². The van der Waals surface area contributed by atoms with Gasteiger partial charge in [-0.15, -0.1) is 0 Å². The third kappa shape index (κ3) is 4.72. The molecule has 4 heterocycles. The number of fused-ring (bicyclic) bond motifs is 1. The van der Waals surface area contributed by atoms with Crippen LogP contribution >= 0.6 is 0 Å². The monoisotopic (exact) mass is 567 g/mol. The lowest BCUT2D eigenvalue weighted by Gasteiger charge is -2.27. The molecule has 0 amide bonds. The predicted molar refractivity (Wildman–Crippen MR) is 131 cm³/mol. The van der Waals surface area contributed by atoms with Gasteiger partial charge in [0.05, 0.1) is 23.8 Å². The summed E-state index contributed by atoms with van der Waals surface area (Å²) in [5.74, 6) is 0.408. The van der Waals surface area contributed by atoms with Crippen LogP contribution in [0.4, 0.5) is 19.0 Å². The van der Waals surface area contributed by atoms with Crippen LogP contribution in [0.25, 0.3) is 22.3 Å². The summed E-state index contributed by atoms with van der Waals surface area (Å²) in [6.07, 6.45) is -2.84. The van der Waals surface area contributed by atoms with Gasteiger partial charge >= 0.3 is 6.18 Å². The summed E-state index contributed by atoms with van der Waals surface area (Å²) in [4.78, 5) is 13.4. The van der Waals surface area contributed by atoms with Crippen LogP contribution in [0.15, 0.2) is 64.9 Å². The second-order valence-electron chi connectivity index (χ2n) is 8.48. The quantitative estimate of drug-likeness (QED) is 0.335. The van der Waals surface area contributed by atoms with Crippen molar-refractivity contribution in [3.05, 3.63) is 60.4 Å². The largest absolute Gasteiger partial charge is 0.419 e. The van der Waals surface area contributed by atoms with Crippen molar-refractivity contribution in [1.82, 2.24) is 18.9 Å². The van der Waals surface area contributed by atoms with Crippen molar-refractivity contribution in [3.8, 4) is 11.3 Å². The van der Waals surface area contributed by atoms with Crippen molar-refractivity contribution < 1.29 is 34.7 Å². The molecular weight excluding hydrogens is 547 g/mol. The Hall–Kier alpha value is -3.56. The summed E-state index contributed by atoms with van der Waals surface area (Å²) in [6.45, 7) is 1.83. The molecule has 1 saturated heterocycles. The van der Waals surface area contributed by atoms with E-state index in [1.807, 2.05) is 4.90 Å². The molecule has 1 fully saturated rings. The van der Waals surface area contributed by atoms with Crippen LogP contribution in [-0.4, -0.2) is 68.3 Å². The predicted octanol–water partition coefficient (Wildman–Crippen LogP) is 2.99. The van der Waals surface area contributed by atoms with Gasteiger partial charge in [0.2, 0.25) is 15.0 Å². The normalized spacial score (nSPS) is 15.2. The number of morpholine rings is 1. The number of anilines is 1. The Bertz CT molecular complexity index is 1730. The molecule has 1 aromatic carbocycles. The molecule has 0 radical (unpaired) electrons. The van der Waals surface area contributed by atoms with Crippen molar-refractivity contribution in [2.45, 2.75) is 16.2 Å². The maximum atomic E-state index is 14.0. The number of ether oxygens (including phenoxy) is 1. The molecule has 4 aromatic rings. The minimum Gasteiger partial charge on any atom is -0.378 e. The van der Waals surface area contributed by atoms with Crippen LogP contribution in [0.3, 0.4) is 0 Å². The molecule has 3 aromatic heterocycles. The fraction of sp³-hybridized carbons (Fsp3) is 0.261. The first-order valence-electron chi connectivity index (χ1n) is 11.2. The van der Waals surface area contributed by atoms with E-state index in [1.54, 1.807) is 12.1 Å². The Morgan fingerprint density at radius 3 is 2.26 bits per heavy atom. The number of halogens is 3. The highest BCUT2D eigenvalue weighted by molar-refractivity contribution is 7.90. The Labute approximate surface area is 215 Å². The van der Waals surface area contributed by atoms with Crippen molar-refractivity contribution >= 4 is 36.7 Å². The van der Waals surface area contributed by atoms with Gasteiger partial charge in [-0.05, 0) is 24.3 Å². The molecule has 1 aliphatic heterocycles. The van der Waals surface area contributed by atoms with Crippen LogP contribution in [0, 0.1) is 0 Å². The van der Waals surface area contributed by atoms with E-state index in [0.717, 1.165) is 16.4 Å². The van der Waals surface area contributed by atoms with Crippen molar-refractivity contribution in [2.24, 2.45) is 0 Å². The fourth-order valence-electron chi connectivity index (χ4n) is 4.07. The summed E-state index contributed by atoms with van der Waals surface area (Å²) < 4.78 is 99.5. The van der Waals surface area contributed by atoms with E-state index in [2.05, 4.69) is 15.0 Å². The molecule has 0 saturated carbocycles.